The largest absolute Gasteiger partial charge is 0.573 e. The average Bonchev–Trinajstić information content (AvgIpc) is 3.04. The quantitative estimate of drug-likeness (QED) is 0.503. The monoisotopic (exact) mass is 373 g/mol. The van der Waals surface area contributed by atoms with Crippen LogP contribution in [-0.2, 0) is 0 Å². The molecule has 0 aliphatic rings. The van der Waals surface area contributed by atoms with Crippen LogP contribution >= 0.6 is 0 Å². The normalized spacial score (nSPS) is 11.5. The first-order chi connectivity index (χ1) is 13.0. The summed E-state index contributed by atoms with van der Waals surface area (Å²) in [5, 5.41) is 4.44. The van der Waals surface area contributed by atoms with E-state index in [1.165, 1.54) is 36.7 Å². The number of halogens is 3. The van der Waals surface area contributed by atoms with Crippen molar-refractivity contribution in [2.75, 3.05) is 0 Å². The van der Waals surface area contributed by atoms with Crippen LogP contribution in [0.1, 0.15) is 0 Å². The molecule has 0 N–H and O–H groups in total. The number of aromatic nitrogens is 3. The Morgan fingerprint density at radius 3 is 2.30 bits per heavy atom. The molecule has 0 spiro atoms. The van der Waals surface area contributed by atoms with E-state index in [4.69, 9.17) is 9.26 Å². The van der Waals surface area contributed by atoms with Gasteiger partial charge in [-0.2, -0.15) is 0 Å². The third-order valence-corrected chi connectivity index (χ3v) is 3.59. The molecule has 6 nitrogen and oxygen atoms in total. The number of rotatable bonds is 4. The van der Waals surface area contributed by atoms with E-state index in [0.29, 0.717) is 16.5 Å². The topological polar surface area (TPSA) is 70.3 Å². The highest BCUT2D eigenvalue weighted by Gasteiger charge is 2.30. The molecule has 4 rings (SSSR count). The zero-order chi connectivity index (χ0) is 18.9. The Hall–Kier alpha value is -3.62. The maximum Gasteiger partial charge on any atom is 0.573 e. The van der Waals surface area contributed by atoms with Gasteiger partial charge in [-0.05, 0) is 46.6 Å². The second-order valence-electron chi connectivity index (χ2n) is 5.40. The minimum absolute atomic E-state index is 0.117. The van der Waals surface area contributed by atoms with Gasteiger partial charge in [-0.15, -0.1) is 13.2 Å². The molecule has 4 aromatic rings. The molecule has 9 heteroatoms. The lowest BCUT2D eigenvalue weighted by Crippen LogP contribution is -2.16. The summed E-state index contributed by atoms with van der Waals surface area (Å²) in [4.78, 5) is 7.92. The van der Waals surface area contributed by atoms with Crippen LogP contribution in [0.25, 0.3) is 22.1 Å². The van der Waals surface area contributed by atoms with Crippen LogP contribution in [0.4, 0.5) is 13.2 Å². The summed E-state index contributed by atoms with van der Waals surface area (Å²) in [6, 6.07) is 12.5. The van der Waals surface area contributed by atoms with E-state index in [1.807, 2.05) is 0 Å². The summed E-state index contributed by atoms with van der Waals surface area (Å²) in [6.45, 7) is 0. The van der Waals surface area contributed by atoms with Crippen LogP contribution in [-0.4, -0.2) is 21.5 Å². The SMILES string of the molecule is FC(F)(F)Oc1ccc(-c2ccc3onc(Oc4ncccn4)c3c2)cc1. The van der Waals surface area contributed by atoms with Crippen molar-refractivity contribution in [3.05, 3.63) is 60.9 Å². The van der Waals surface area contributed by atoms with Gasteiger partial charge in [-0.1, -0.05) is 18.2 Å². The van der Waals surface area contributed by atoms with Crippen molar-refractivity contribution in [3.63, 3.8) is 0 Å². The lowest BCUT2D eigenvalue weighted by atomic mass is 10.0. The van der Waals surface area contributed by atoms with E-state index in [1.54, 1.807) is 24.3 Å². The van der Waals surface area contributed by atoms with Gasteiger partial charge in [0.15, 0.2) is 5.58 Å². The minimum Gasteiger partial charge on any atom is -0.406 e. The molecule has 0 aliphatic carbocycles. The Bertz CT molecular complexity index is 1060. The molecule has 0 aliphatic heterocycles. The number of hydrogen-bond donors (Lipinski definition) is 0. The van der Waals surface area contributed by atoms with Crippen molar-refractivity contribution in [2.45, 2.75) is 6.36 Å². The predicted octanol–water partition coefficient (Wildman–Crippen LogP) is 4.98. The summed E-state index contributed by atoms with van der Waals surface area (Å²) in [7, 11) is 0. The third kappa shape index (κ3) is 3.81. The van der Waals surface area contributed by atoms with E-state index in [2.05, 4.69) is 19.9 Å². The van der Waals surface area contributed by atoms with E-state index < -0.39 is 6.36 Å². The molecule has 2 aromatic carbocycles. The molecule has 0 fully saturated rings. The van der Waals surface area contributed by atoms with Crippen LogP contribution in [0.15, 0.2) is 65.4 Å². The van der Waals surface area contributed by atoms with Gasteiger partial charge in [0, 0.05) is 12.4 Å². The van der Waals surface area contributed by atoms with Gasteiger partial charge in [0.2, 0.25) is 0 Å². The second kappa shape index (κ2) is 6.60. The number of fused-ring (bicyclic) bond motifs is 1. The van der Waals surface area contributed by atoms with Gasteiger partial charge in [-0.3, -0.25) is 0 Å². The molecule has 0 saturated heterocycles. The number of nitrogens with zero attached hydrogens (tertiary/aromatic N) is 3. The Labute approximate surface area is 150 Å². The molecule has 2 aromatic heterocycles. The maximum absolute atomic E-state index is 12.3. The molecule has 0 atom stereocenters. The van der Waals surface area contributed by atoms with Crippen molar-refractivity contribution >= 4 is 11.0 Å². The van der Waals surface area contributed by atoms with Gasteiger partial charge in [0.1, 0.15) is 5.75 Å². The Balaban J connectivity index is 1.64. The number of ether oxygens (including phenoxy) is 2. The highest BCUT2D eigenvalue weighted by atomic mass is 19.4. The second-order valence-corrected chi connectivity index (χ2v) is 5.40. The summed E-state index contributed by atoms with van der Waals surface area (Å²) in [6.07, 6.45) is -1.67. The summed E-state index contributed by atoms with van der Waals surface area (Å²) >= 11 is 0. The van der Waals surface area contributed by atoms with Crippen LogP contribution in [0, 0.1) is 0 Å². The highest BCUT2D eigenvalue weighted by molar-refractivity contribution is 5.87. The van der Waals surface area contributed by atoms with Gasteiger partial charge in [0.25, 0.3) is 5.88 Å². The lowest BCUT2D eigenvalue weighted by Gasteiger charge is -2.09. The molecular formula is C18H10F3N3O3. The fraction of sp³-hybridized carbons (Fsp3) is 0.0556. The molecule has 27 heavy (non-hydrogen) atoms. The highest BCUT2D eigenvalue weighted by Crippen LogP contribution is 2.33. The van der Waals surface area contributed by atoms with Gasteiger partial charge >= 0.3 is 12.4 Å². The molecule has 0 bridgehead atoms. The molecule has 0 saturated carbocycles. The Morgan fingerprint density at radius 2 is 1.59 bits per heavy atom. The van der Waals surface area contributed by atoms with Crippen molar-refractivity contribution in [2.24, 2.45) is 0 Å². The lowest BCUT2D eigenvalue weighted by molar-refractivity contribution is -0.274. The zero-order valence-corrected chi connectivity index (χ0v) is 13.5. The van der Waals surface area contributed by atoms with E-state index >= 15 is 0 Å². The van der Waals surface area contributed by atoms with Crippen molar-refractivity contribution in [1.82, 2.24) is 15.1 Å². The van der Waals surface area contributed by atoms with Crippen LogP contribution in [0.2, 0.25) is 0 Å². The maximum atomic E-state index is 12.3. The standard InChI is InChI=1S/C18H10F3N3O3/c19-18(20,21)26-13-5-2-11(3-6-13)12-4-7-15-14(10-12)16(24-27-15)25-17-22-8-1-9-23-17/h1-10H. The minimum atomic E-state index is -4.73. The summed E-state index contributed by atoms with van der Waals surface area (Å²) in [5.74, 6) is -0.0994. The molecule has 0 radical (unpaired) electrons. The number of benzene rings is 2. The first-order valence-corrected chi connectivity index (χ1v) is 7.68. The zero-order valence-electron chi connectivity index (χ0n) is 13.5. The molecule has 0 unspecified atom stereocenters. The van der Waals surface area contributed by atoms with Gasteiger partial charge in [0.05, 0.1) is 5.39 Å². The molecule has 0 amide bonds. The summed E-state index contributed by atoms with van der Waals surface area (Å²) < 4.78 is 51.4. The van der Waals surface area contributed by atoms with Gasteiger partial charge in [-0.25, -0.2) is 9.97 Å². The molecular weight excluding hydrogens is 363 g/mol. The van der Waals surface area contributed by atoms with Crippen LogP contribution < -0.4 is 9.47 Å². The molecule has 136 valence electrons. The number of alkyl halides is 3. The van der Waals surface area contributed by atoms with E-state index in [-0.39, 0.29) is 17.6 Å². The van der Waals surface area contributed by atoms with Crippen molar-refractivity contribution in [3.8, 4) is 28.8 Å². The summed E-state index contributed by atoms with van der Waals surface area (Å²) in [5.41, 5.74) is 1.92. The smallest absolute Gasteiger partial charge is 0.406 e. The Morgan fingerprint density at radius 1 is 0.889 bits per heavy atom. The number of hydrogen-bond acceptors (Lipinski definition) is 6. The first-order valence-electron chi connectivity index (χ1n) is 7.68. The average molecular weight is 373 g/mol. The fourth-order valence-corrected chi connectivity index (χ4v) is 2.44. The molecule has 2 heterocycles. The van der Waals surface area contributed by atoms with Crippen LogP contribution in [0.5, 0.6) is 17.6 Å². The van der Waals surface area contributed by atoms with Crippen LogP contribution in [0.3, 0.4) is 0 Å². The van der Waals surface area contributed by atoms with Gasteiger partial charge < -0.3 is 14.0 Å². The van der Waals surface area contributed by atoms with Crippen molar-refractivity contribution < 1.29 is 27.2 Å². The fourth-order valence-electron chi connectivity index (χ4n) is 2.44. The third-order valence-electron chi connectivity index (χ3n) is 3.59. The first kappa shape index (κ1) is 16.8. The van der Waals surface area contributed by atoms with E-state index in [0.717, 1.165) is 5.56 Å². The Kier molecular flexibility index (Phi) is 4.11. The van der Waals surface area contributed by atoms with E-state index in [9.17, 15) is 13.2 Å². The van der Waals surface area contributed by atoms with Crippen molar-refractivity contribution in [1.29, 1.82) is 0 Å². The predicted molar refractivity (Wildman–Crippen MR) is 88.2 cm³/mol.